The number of ether oxygens (including phenoxy) is 1. The summed E-state index contributed by atoms with van der Waals surface area (Å²) in [5, 5.41) is 8.84. The molecule has 2 rings (SSSR count). The Morgan fingerprint density at radius 2 is 1.82 bits per heavy atom. The van der Waals surface area contributed by atoms with Gasteiger partial charge in [-0.3, -0.25) is 0 Å². The first-order valence-corrected chi connectivity index (χ1v) is 5.20. The molecule has 0 atom stereocenters. The monoisotopic (exact) mass is 247 g/mol. The average molecular weight is 248 g/mol. The third kappa shape index (κ3) is 2.74. The second-order valence-corrected chi connectivity index (χ2v) is 3.72. The van der Waals surface area contributed by atoms with E-state index in [4.69, 9.17) is 21.6 Å². The van der Waals surface area contributed by atoms with Crippen molar-refractivity contribution in [3.63, 3.8) is 0 Å². The van der Waals surface area contributed by atoms with Crippen molar-refractivity contribution in [2.45, 2.75) is 0 Å². The lowest BCUT2D eigenvalue weighted by Crippen LogP contribution is -1.86. The Morgan fingerprint density at radius 1 is 1.12 bits per heavy atom. The molecular formula is C13H7ClFNO. The second-order valence-electron chi connectivity index (χ2n) is 3.31. The van der Waals surface area contributed by atoms with Crippen LogP contribution in [-0.4, -0.2) is 0 Å². The summed E-state index contributed by atoms with van der Waals surface area (Å²) in [7, 11) is 0. The van der Waals surface area contributed by atoms with Gasteiger partial charge in [0.05, 0.1) is 16.7 Å². The van der Waals surface area contributed by atoms with Crippen LogP contribution in [-0.2, 0) is 0 Å². The third-order valence-electron chi connectivity index (χ3n) is 2.11. The molecule has 0 bridgehead atoms. The number of nitrogens with zero attached hydrogens (tertiary/aromatic N) is 1. The number of hydrogen-bond donors (Lipinski definition) is 0. The Hall–Kier alpha value is -2.05. The molecule has 0 spiro atoms. The van der Waals surface area contributed by atoms with Gasteiger partial charge < -0.3 is 4.74 Å². The third-order valence-corrected chi connectivity index (χ3v) is 2.40. The topological polar surface area (TPSA) is 33.0 Å². The molecule has 0 radical (unpaired) electrons. The normalized spacial score (nSPS) is 9.71. The van der Waals surface area contributed by atoms with E-state index in [0.29, 0.717) is 17.1 Å². The lowest BCUT2D eigenvalue weighted by Gasteiger charge is -2.07. The maximum absolute atomic E-state index is 12.8. The molecule has 4 heteroatoms. The maximum atomic E-state index is 12.8. The Labute approximate surface area is 103 Å². The number of halogens is 2. The van der Waals surface area contributed by atoms with Crippen LogP contribution >= 0.6 is 11.6 Å². The van der Waals surface area contributed by atoms with E-state index in [1.807, 2.05) is 6.07 Å². The van der Waals surface area contributed by atoms with Crippen molar-refractivity contribution in [2.75, 3.05) is 0 Å². The summed E-state index contributed by atoms with van der Waals surface area (Å²) in [5.41, 5.74) is 0.544. The van der Waals surface area contributed by atoms with E-state index in [1.165, 1.54) is 18.2 Å². The Balaban J connectivity index is 2.23. The van der Waals surface area contributed by atoms with E-state index in [2.05, 4.69) is 0 Å². The molecule has 0 aliphatic carbocycles. The van der Waals surface area contributed by atoms with E-state index in [9.17, 15) is 4.39 Å². The van der Waals surface area contributed by atoms with Gasteiger partial charge in [0.2, 0.25) is 0 Å². The van der Waals surface area contributed by atoms with Crippen LogP contribution in [0.15, 0.2) is 42.5 Å². The van der Waals surface area contributed by atoms with Crippen molar-refractivity contribution >= 4 is 11.6 Å². The molecule has 0 amide bonds. The molecule has 0 aromatic heterocycles. The van der Waals surface area contributed by atoms with E-state index >= 15 is 0 Å². The standard InChI is InChI=1S/C13H7ClFNO/c14-12-7-10(15)3-6-13(12)17-11-4-1-9(8-16)2-5-11/h1-7H. The van der Waals surface area contributed by atoms with Crippen molar-refractivity contribution in [3.05, 3.63) is 58.9 Å². The highest BCUT2D eigenvalue weighted by molar-refractivity contribution is 6.32. The Bertz CT molecular complexity index is 575. The zero-order chi connectivity index (χ0) is 12.3. The number of benzene rings is 2. The zero-order valence-corrected chi connectivity index (χ0v) is 9.41. The van der Waals surface area contributed by atoms with Gasteiger partial charge in [-0.05, 0) is 42.5 Å². The van der Waals surface area contributed by atoms with Crippen molar-refractivity contribution in [2.24, 2.45) is 0 Å². The number of hydrogen-bond acceptors (Lipinski definition) is 2. The van der Waals surface area contributed by atoms with Crippen molar-refractivity contribution in [1.82, 2.24) is 0 Å². The average Bonchev–Trinajstić information content (AvgIpc) is 2.34. The molecule has 0 fully saturated rings. The SMILES string of the molecule is N#Cc1ccc(Oc2ccc(F)cc2Cl)cc1. The van der Waals surface area contributed by atoms with Crippen molar-refractivity contribution in [3.8, 4) is 17.6 Å². The molecule has 84 valence electrons. The van der Waals surface area contributed by atoms with Gasteiger partial charge in [-0.2, -0.15) is 5.26 Å². The van der Waals surface area contributed by atoms with Gasteiger partial charge in [0.1, 0.15) is 17.3 Å². The fourth-order valence-electron chi connectivity index (χ4n) is 1.28. The molecule has 2 nitrogen and oxygen atoms in total. The summed E-state index contributed by atoms with van der Waals surface area (Å²) in [4.78, 5) is 0. The molecule has 0 saturated carbocycles. The van der Waals surface area contributed by atoms with E-state index < -0.39 is 5.82 Å². The first-order chi connectivity index (χ1) is 8.19. The molecule has 0 saturated heterocycles. The molecule has 2 aromatic rings. The van der Waals surface area contributed by atoms with Gasteiger partial charge in [0.25, 0.3) is 0 Å². The minimum atomic E-state index is -0.415. The van der Waals surface area contributed by atoms with Crippen molar-refractivity contribution in [1.29, 1.82) is 5.26 Å². The van der Waals surface area contributed by atoms with E-state index in [1.54, 1.807) is 24.3 Å². The van der Waals surface area contributed by atoms with Gasteiger partial charge >= 0.3 is 0 Å². The van der Waals surface area contributed by atoms with Crippen LogP contribution < -0.4 is 4.74 Å². The van der Waals surface area contributed by atoms with Crippen LogP contribution in [0, 0.1) is 17.1 Å². The fraction of sp³-hybridized carbons (Fsp3) is 0. The molecule has 0 N–H and O–H groups in total. The maximum Gasteiger partial charge on any atom is 0.146 e. The number of rotatable bonds is 2. The second kappa shape index (κ2) is 4.86. The predicted molar refractivity (Wildman–Crippen MR) is 62.6 cm³/mol. The Morgan fingerprint density at radius 3 is 2.41 bits per heavy atom. The summed E-state index contributed by atoms with van der Waals surface area (Å²) < 4.78 is 18.3. The van der Waals surface area contributed by atoms with Gasteiger partial charge in [-0.15, -0.1) is 0 Å². The largest absolute Gasteiger partial charge is 0.456 e. The fourth-order valence-corrected chi connectivity index (χ4v) is 1.49. The Kier molecular flexibility index (Phi) is 3.27. The first-order valence-electron chi connectivity index (χ1n) is 4.82. The van der Waals surface area contributed by atoms with Crippen LogP contribution in [0.5, 0.6) is 11.5 Å². The minimum absolute atomic E-state index is 0.203. The van der Waals surface area contributed by atoms with Gasteiger partial charge in [-0.1, -0.05) is 11.6 Å². The van der Waals surface area contributed by atoms with Crippen LogP contribution in [0.4, 0.5) is 4.39 Å². The molecule has 0 aliphatic rings. The molecule has 0 aliphatic heterocycles. The summed E-state index contributed by atoms with van der Waals surface area (Å²) >= 11 is 5.82. The minimum Gasteiger partial charge on any atom is -0.456 e. The summed E-state index contributed by atoms with van der Waals surface area (Å²) in [6.07, 6.45) is 0. The van der Waals surface area contributed by atoms with Crippen LogP contribution in [0.1, 0.15) is 5.56 Å². The first kappa shape index (κ1) is 11.4. The highest BCUT2D eigenvalue weighted by Crippen LogP contribution is 2.29. The van der Waals surface area contributed by atoms with E-state index in [0.717, 1.165) is 0 Å². The highest BCUT2D eigenvalue weighted by atomic mass is 35.5. The zero-order valence-electron chi connectivity index (χ0n) is 8.65. The smallest absolute Gasteiger partial charge is 0.146 e. The molecule has 0 heterocycles. The molecular weight excluding hydrogens is 241 g/mol. The van der Waals surface area contributed by atoms with Gasteiger partial charge in [0, 0.05) is 0 Å². The lowest BCUT2D eigenvalue weighted by molar-refractivity contribution is 0.481. The van der Waals surface area contributed by atoms with Crippen LogP contribution in [0.3, 0.4) is 0 Å². The van der Waals surface area contributed by atoms with E-state index in [-0.39, 0.29) is 5.02 Å². The summed E-state index contributed by atoms with van der Waals surface area (Å²) in [6, 6.07) is 12.5. The van der Waals surface area contributed by atoms with Crippen LogP contribution in [0.25, 0.3) is 0 Å². The van der Waals surface area contributed by atoms with Gasteiger partial charge in [-0.25, -0.2) is 4.39 Å². The molecule has 2 aromatic carbocycles. The quantitative estimate of drug-likeness (QED) is 0.799. The predicted octanol–water partition coefficient (Wildman–Crippen LogP) is 4.14. The molecule has 17 heavy (non-hydrogen) atoms. The molecule has 0 unspecified atom stereocenters. The summed E-state index contributed by atoms with van der Waals surface area (Å²) in [5.74, 6) is 0.498. The highest BCUT2D eigenvalue weighted by Gasteiger charge is 2.04. The summed E-state index contributed by atoms with van der Waals surface area (Å²) in [6.45, 7) is 0. The van der Waals surface area contributed by atoms with Crippen LogP contribution in [0.2, 0.25) is 5.02 Å². The van der Waals surface area contributed by atoms with Gasteiger partial charge in [0.15, 0.2) is 0 Å². The van der Waals surface area contributed by atoms with Crippen molar-refractivity contribution < 1.29 is 9.13 Å². The number of nitriles is 1. The lowest BCUT2D eigenvalue weighted by atomic mass is 10.2.